The molecular weight excluding hydrogens is 396 g/mol. The lowest BCUT2D eigenvalue weighted by Gasteiger charge is -2.39. The lowest BCUT2D eigenvalue weighted by atomic mass is 9.68. The van der Waals surface area contributed by atoms with Gasteiger partial charge >= 0.3 is 0 Å². The molecule has 1 aromatic rings. The molecule has 0 spiro atoms. The second-order valence-corrected chi connectivity index (χ2v) is 8.59. The first-order chi connectivity index (χ1) is 12.3. The predicted octanol–water partition coefficient (Wildman–Crippen LogP) is 4.31. The number of ether oxygens (including phenoxy) is 2. The molecule has 1 atom stereocenters. The highest BCUT2D eigenvalue weighted by Gasteiger charge is 2.43. The SMILES string of the molecule is CC1=C(C#N)C(c2c(Br)ccc3c2OCO3)C2=C(CC(C)(C)CC2=O)N1. The quantitative estimate of drug-likeness (QED) is 0.741. The number of benzene rings is 1. The van der Waals surface area contributed by atoms with Crippen LogP contribution in [0.1, 0.15) is 45.1 Å². The molecule has 26 heavy (non-hydrogen) atoms. The first kappa shape index (κ1) is 17.2. The molecule has 0 amide bonds. The molecule has 4 rings (SSSR count). The van der Waals surface area contributed by atoms with Crippen molar-refractivity contribution >= 4 is 21.7 Å². The molecule has 1 aliphatic carbocycles. The van der Waals surface area contributed by atoms with Gasteiger partial charge in [0, 0.05) is 33.4 Å². The van der Waals surface area contributed by atoms with E-state index in [-0.39, 0.29) is 18.0 Å². The molecule has 2 heterocycles. The fourth-order valence-corrected chi connectivity index (χ4v) is 4.65. The average molecular weight is 415 g/mol. The van der Waals surface area contributed by atoms with Crippen molar-refractivity contribution in [3.8, 4) is 17.6 Å². The third kappa shape index (κ3) is 2.53. The average Bonchev–Trinajstić information content (AvgIpc) is 3.01. The van der Waals surface area contributed by atoms with Gasteiger partial charge in [-0.1, -0.05) is 29.8 Å². The highest BCUT2D eigenvalue weighted by atomic mass is 79.9. The lowest BCUT2D eigenvalue weighted by molar-refractivity contribution is -0.118. The number of hydrogen-bond acceptors (Lipinski definition) is 5. The summed E-state index contributed by atoms with van der Waals surface area (Å²) in [6.07, 6.45) is 1.23. The number of halogens is 1. The van der Waals surface area contributed by atoms with Crippen LogP contribution in [0.2, 0.25) is 0 Å². The van der Waals surface area contributed by atoms with Crippen molar-refractivity contribution in [1.82, 2.24) is 5.32 Å². The van der Waals surface area contributed by atoms with Gasteiger partial charge < -0.3 is 14.8 Å². The number of carbonyl (C=O) groups excluding carboxylic acids is 1. The van der Waals surface area contributed by atoms with E-state index < -0.39 is 5.92 Å². The normalized spacial score (nSPS) is 23.5. The molecule has 6 heteroatoms. The van der Waals surface area contributed by atoms with Crippen LogP contribution in [0.15, 0.2) is 39.1 Å². The standard InChI is InChI=1S/C20H19BrN2O3/c1-10-11(8-22)16(17-12(21)4-5-15-19(17)26-9-25-15)18-13(23-10)6-20(2,3)7-14(18)24/h4-5,16,23H,6-7,9H2,1-3H3. The van der Waals surface area contributed by atoms with E-state index in [4.69, 9.17) is 9.47 Å². The number of rotatable bonds is 1. The van der Waals surface area contributed by atoms with Crippen LogP contribution < -0.4 is 14.8 Å². The first-order valence-electron chi connectivity index (χ1n) is 8.54. The van der Waals surface area contributed by atoms with E-state index in [1.807, 2.05) is 19.1 Å². The molecule has 1 aromatic carbocycles. The van der Waals surface area contributed by atoms with Crippen molar-refractivity contribution in [3.05, 3.63) is 44.7 Å². The van der Waals surface area contributed by atoms with Crippen LogP contribution in [-0.2, 0) is 4.79 Å². The Kier molecular flexibility index (Phi) is 3.89. The number of fused-ring (bicyclic) bond motifs is 1. The largest absolute Gasteiger partial charge is 0.454 e. The zero-order chi connectivity index (χ0) is 18.6. The van der Waals surface area contributed by atoms with Crippen LogP contribution in [-0.4, -0.2) is 12.6 Å². The minimum atomic E-state index is -0.453. The number of carbonyl (C=O) groups is 1. The van der Waals surface area contributed by atoms with Gasteiger partial charge in [-0.15, -0.1) is 0 Å². The number of nitriles is 1. The number of nitrogens with zero attached hydrogens (tertiary/aromatic N) is 1. The van der Waals surface area contributed by atoms with Gasteiger partial charge in [0.15, 0.2) is 17.3 Å². The van der Waals surface area contributed by atoms with E-state index in [1.54, 1.807) is 0 Å². The molecule has 0 aromatic heterocycles. The van der Waals surface area contributed by atoms with E-state index in [0.717, 1.165) is 27.9 Å². The van der Waals surface area contributed by atoms with Crippen LogP contribution in [0, 0.1) is 16.7 Å². The van der Waals surface area contributed by atoms with Crippen LogP contribution in [0.3, 0.4) is 0 Å². The molecule has 0 saturated carbocycles. The molecule has 0 radical (unpaired) electrons. The Hall–Kier alpha value is -2.26. The topological polar surface area (TPSA) is 71.3 Å². The molecule has 3 aliphatic rings. The summed E-state index contributed by atoms with van der Waals surface area (Å²) in [5.41, 5.74) is 3.60. The van der Waals surface area contributed by atoms with Gasteiger partial charge in [-0.2, -0.15) is 5.26 Å². The number of hydrogen-bond donors (Lipinski definition) is 1. The third-order valence-electron chi connectivity index (χ3n) is 5.17. The van der Waals surface area contributed by atoms with E-state index in [1.165, 1.54) is 0 Å². The predicted molar refractivity (Wildman–Crippen MR) is 99.5 cm³/mol. The maximum atomic E-state index is 13.1. The molecular formula is C20H19BrN2O3. The van der Waals surface area contributed by atoms with Crippen LogP contribution >= 0.6 is 15.9 Å². The Bertz CT molecular complexity index is 937. The van der Waals surface area contributed by atoms with Gasteiger partial charge in [-0.3, -0.25) is 4.79 Å². The summed E-state index contributed by atoms with van der Waals surface area (Å²) in [6, 6.07) is 6.02. The smallest absolute Gasteiger partial charge is 0.231 e. The van der Waals surface area contributed by atoms with Crippen molar-refractivity contribution in [2.45, 2.75) is 39.5 Å². The zero-order valence-electron chi connectivity index (χ0n) is 14.9. The lowest BCUT2D eigenvalue weighted by Crippen LogP contribution is -2.37. The monoisotopic (exact) mass is 414 g/mol. The molecule has 0 bridgehead atoms. The van der Waals surface area contributed by atoms with Crippen molar-refractivity contribution in [2.24, 2.45) is 5.41 Å². The fraction of sp³-hybridized carbons (Fsp3) is 0.400. The van der Waals surface area contributed by atoms with E-state index in [2.05, 4.69) is 41.2 Å². The Morgan fingerprint density at radius 3 is 2.81 bits per heavy atom. The number of nitrogens with one attached hydrogen (secondary N) is 1. The molecule has 1 N–H and O–H groups in total. The van der Waals surface area contributed by atoms with Gasteiger partial charge in [-0.05, 0) is 30.9 Å². The fourth-order valence-electron chi connectivity index (χ4n) is 4.11. The van der Waals surface area contributed by atoms with E-state index in [9.17, 15) is 10.1 Å². The summed E-state index contributed by atoms with van der Waals surface area (Å²) in [4.78, 5) is 13.1. The Morgan fingerprint density at radius 2 is 2.08 bits per heavy atom. The Morgan fingerprint density at radius 1 is 1.31 bits per heavy atom. The van der Waals surface area contributed by atoms with Crippen LogP contribution in [0.25, 0.3) is 0 Å². The number of allylic oxidation sites excluding steroid dienone is 4. The first-order valence-corrected chi connectivity index (χ1v) is 9.34. The van der Waals surface area contributed by atoms with Crippen molar-refractivity contribution < 1.29 is 14.3 Å². The summed E-state index contributed by atoms with van der Waals surface area (Å²) in [6.45, 7) is 6.21. The van der Waals surface area contributed by atoms with Gasteiger partial charge in [0.2, 0.25) is 6.79 Å². The zero-order valence-corrected chi connectivity index (χ0v) is 16.5. The van der Waals surface area contributed by atoms with Gasteiger partial charge in [0.25, 0.3) is 0 Å². The van der Waals surface area contributed by atoms with Gasteiger partial charge in [-0.25, -0.2) is 0 Å². The summed E-state index contributed by atoms with van der Waals surface area (Å²) in [5.74, 6) is 0.877. The summed E-state index contributed by atoms with van der Waals surface area (Å²) >= 11 is 3.60. The molecule has 1 unspecified atom stereocenters. The molecule has 0 saturated heterocycles. The summed E-state index contributed by atoms with van der Waals surface area (Å²) in [5, 5.41) is 13.2. The van der Waals surface area contributed by atoms with Crippen LogP contribution in [0.4, 0.5) is 0 Å². The third-order valence-corrected chi connectivity index (χ3v) is 5.86. The number of Topliss-reactive ketones (excluding diaryl/α,β-unsaturated/α-hetero) is 1. The number of ketones is 1. The number of dihydropyridines is 1. The molecule has 0 fully saturated rings. The Labute approximate surface area is 160 Å². The minimum absolute atomic E-state index is 0.0809. The van der Waals surface area contributed by atoms with Crippen molar-refractivity contribution in [3.63, 3.8) is 0 Å². The highest BCUT2D eigenvalue weighted by molar-refractivity contribution is 9.10. The van der Waals surface area contributed by atoms with Gasteiger partial charge in [0.05, 0.1) is 17.6 Å². The summed E-state index contributed by atoms with van der Waals surface area (Å²) < 4.78 is 12.0. The maximum absolute atomic E-state index is 13.1. The van der Waals surface area contributed by atoms with E-state index >= 15 is 0 Å². The van der Waals surface area contributed by atoms with Crippen molar-refractivity contribution in [2.75, 3.05) is 6.79 Å². The van der Waals surface area contributed by atoms with Crippen molar-refractivity contribution in [1.29, 1.82) is 5.26 Å². The Balaban J connectivity index is 1.97. The second-order valence-electron chi connectivity index (χ2n) is 7.74. The van der Waals surface area contributed by atoms with E-state index in [0.29, 0.717) is 29.1 Å². The molecule has 5 nitrogen and oxygen atoms in total. The molecule has 134 valence electrons. The van der Waals surface area contributed by atoms with Crippen LogP contribution in [0.5, 0.6) is 11.5 Å². The highest BCUT2D eigenvalue weighted by Crippen LogP contribution is 2.52. The summed E-state index contributed by atoms with van der Waals surface area (Å²) in [7, 11) is 0. The van der Waals surface area contributed by atoms with Gasteiger partial charge in [0.1, 0.15) is 0 Å². The maximum Gasteiger partial charge on any atom is 0.231 e. The molecule has 2 aliphatic heterocycles. The minimum Gasteiger partial charge on any atom is -0.454 e. The second kappa shape index (κ2) is 5.88.